The van der Waals surface area contributed by atoms with Crippen molar-refractivity contribution in [2.45, 2.75) is 46.6 Å². The van der Waals surface area contributed by atoms with Crippen molar-refractivity contribution < 1.29 is 0 Å². The highest BCUT2D eigenvalue weighted by Gasteiger charge is 2.09. The molecule has 2 rings (SSSR count). The number of aliphatic imine (C=N–C) groups is 1. The van der Waals surface area contributed by atoms with E-state index >= 15 is 0 Å². The van der Waals surface area contributed by atoms with E-state index in [9.17, 15) is 0 Å². The molecule has 7 heteroatoms. The fourth-order valence-corrected chi connectivity index (χ4v) is 2.38. The Balaban J connectivity index is 0.00000288. The molecule has 0 fully saturated rings. The maximum Gasteiger partial charge on any atom is 0.191 e. The molecule has 0 saturated heterocycles. The first-order valence-corrected chi connectivity index (χ1v) is 8.23. The molecule has 0 aromatic carbocycles. The van der Waals surface area contributed by atoms with Crippen molar-refractivity contribution in [1.29, 1.82) is 0 Å². The second-order valence-corrected chi connectivity index (χ2v) is 6.92. The van der Waals surface area contributed by atoms with Crippen molar-refractivity contribution in [3.63, 3.8) is 0 Å². The zero-order chi connectivity index (χ0) is 16.7. The van der Waals surface area contributed by atoms with Crippen LogP contribution in [0.15, 0.2) is 29.4 Å². The number of nitrogens with zero attached hydrogens (tertiary/aromatic N) is 4. The molecule has 2 heterocycles. The van der Waals surface area contributed by atoms with Gasteiger partial charge in [-0.05, 0) is 30.4 Å². The first kappa shape index (κ1) is 20.7. The summed E-state index contributed by atoms with van der Waals surface area (Å²) in [5.41, 5.74) is 1.27. The lowest BCUT2D eigenvalue weighted by atomic mass is 9.90. The highest BCUT2D eigenvalue weighted by molar-refractivity contribution is 14.0. The Morgan fingerprint density at radius 1 is 1.17 bits per heavy atom. The standard InChI is InChI=1S/C17H28N6.HI/c1-17(2,3)10-6-7-11-19-16(18-4)20-13-15-22-21-14-9-5-8-12-23(14)15;/h5,8-9,12H,6-7,10-11,13H2,1-4H3,(H2,18,19,20);1H. The summed E-state index contributed by atoms with van der Waals surface area (Å²) < 4.78 is 1.98. The zero-order valence-electron chi connectivity index (χ0n) is 15.0. The number of aromatic nitrogens is 3. The van der Waals surface area contributed by atoms with Crippen LogP contribution in [0.4, 0.5) is 0 Å². The number of halogens is 1. The van der Waals surface area contributed by atoms with Gasteiger partial charge in [0, 0.05) is 19.8 Å². The fraction of sp³-hybridized carbons (Fsp3) is 0.588. The van der Waals surface area contributed by atoms with Crippen LogP contribution >= 0.6 is 24.0 Å². The Hall–Kier alpha value is -1.38. The van der Waals surface area contributed by atoms with Crippen LogP contribution in [-0.4, -0.2) is 34.2 Å². The maximum absolute atomic E-state index is 4.25. The summed E-state index contributed by atoms with van der Waals surface area (Å²) in [6.07, 6.45) is 5.58. The summed E-state index contributed by atoms with van der Waals surface area (Å²) in [5.74, 6) is 1.67. The molecule has 0 spiro atoms. The van der Waals surface area contributed by atoms with E-state index < -0.39 is 0 Å². The number of rotatable bonds is 6. The van der Waals surface area contributed by atoms with Crippen LogP contribution in [0.3, 0.4) is 0 Å². The van der Waals surface area contributed by atoms with Crippen LogP contribution < -0.4 is 10.6 Å². The number of guanidine groups is 1. The summed E-state index contributed by atoms with van der Waals surface area (Å²) in [5, 5.41) is 15.0. The molecule has 0 aliphatic heterocycles. The summed E-state index contributed by atoms with van der Waals surface area (Å²) in [7, 11) is 1.78. The molecule has 0 amide bonds. The number of hydrogen-bond donors (Lipinski definition) is 2. The average molecular weight is 444 g/mol. The first-order valence-electron chi connectivity index (χ1n) is 8.23. The topological polar surface area (TPSA) is 66.6 Å². The van der Waals surface area contributed by atoms with Crippen molar-refractivity contribution in [3.05, 3.63) is 30.2 Å². The third-order valence-electron chi connectivity index (χ3n) is 3.67. The highest BCUT2D eigenvalue weighted by atomic mass is 127. The van der Waals surface area contributed by atoms with Gasteiger partial charge in [0.05, 0.1) is 6.54 Å². The molecule has 2 aromatic rings. The van der Waals surface area contributed by atoms with Crippen LogP contribution in [-0.2, 0) is 6.54 Å². The van der Waals surface area contributed by atoms with Crippen LogP contribution in [0.25, 0.3) is 5.65 Å². The van der Waals surface area contributed by atoms with Gasteiger partial charge < -0.3 is 10.6 Å². The minimum Gasteiger partial charge on any atom is -0.356 e. The third kappa shape index (κ3) is 6.62. The second-order valence-electron chi connectivity index (χ2n) is 6.92. The molecule has 2 aromatic heterocycles. The molecule has 2 N–H and O–H groups in total. The molecular weight excluding hydrogens is 415 g/mol. The quantitative estimate of drug-likeness (QED) is 0.311. The van der Waals surface area contributed by atoms with Crippen LogP contribution in [0, 0.1) is 5.41 Å². The normalized spacial score (nSPS) is 12.1. The second kappa shape index (κ2) is 9.80. The van der Waals surface area contributed by atoms with Crippen LogP contribution in [0.5, 0.6) is 0 Å². The van der Waals surface area contributed by atoms with Gasteiger partial charge in [0.25, 0.3) is 0 Å². The summed E-state index contributed by atoms with van der Waals surface area (Å²) in [4.78, 5) is 4.25. The summed E-state index contributed by atoms with van der Waals surface area (Å²) in [6, 6.07) is 5.88. The van der Waals surface area contributed by atoms with E-state index in [1.54, 1.807) is 7.05 Å². The van der Waals surface area contributed by atoms with Crippen molar-refractivity contribution in [3.8, 4) is 0 Å². The summed E-state index contributed by atoms with van der Waals surface area (Å²) >= 11 is 0. The Bertz CT molecular complexity index is 644. The smallest absolute Gasteiger partial charge is 0.191 e. The van der Waals surface area contributed by atoms with E-state index in [0.29, 0.717) is 12.0 Å². The van der Waals surface area contributed by atoms with E-state index in [1.807, 2.05) is 28.8 Å². The number of hydrogen-bond acceptors (Lipinski definition) is 3. The van der Waals surface area contributed by atoms with Crippen molar-refractivity contribution in [1.82, 2.24) is 25.2 Å². The average Bonchev–Trinajstić information content (AvgIpc) is 2.92. The largest absolute Gasteiger partial charge is 0.356 e. The SMILES string of the molecule is CN=C(NCCCCC(C)(C)C)NCc1nnc2ccccn12.I. The maximum atomic E-state index is 4.25. The van der Waals surface area contributed by atoms with E-state index in [1.165, 1.54) is 12.8 Å². The Labute approximate surface area is 161 Å². The van der Waals surface area contributed by atoms with Gasteiger partial charge in [-0.2, -0.15) is 0 Å². The van der Waals surface area contributed by atoms with E-state index in [2.05, 4.69) is 46.6 Å². The Kier molecular flexibility index (Phi) is 8.44. The summed E-state index contributed by atoms with van der Waals surface area (Å²) in [6.45, 7) is 8.36. The number of unbranched alkanes of at least 4 members (excludes halogenated alkanes) is 1. The van der Waals surface area contributed by atoms with Gasteiger partial charge in [-0.15, -0.1) is 34.2 Å². The lowest BCUT2D eigenvalue weighted by molar-refractivity contribution is 0.360. The van der Waals surface area contributed by atoms with E-state index in [-0.39, 0.29) is 24.0 Å². The number of nitrogens with one attached hydrogen (secondary N) is 2. The Morgan fingerprint density at radius 3 is 2.67 bits per heavy atom. The van der Waals surface area contributed by atoms with Crippen molar-refractivity contribution >= 4 is 35.6 Å². The molecule has 0 atom stereocenters. The lowest BCUT2D eigenvalue weighted by Gasteiger charge is -2.18. The van der Waals surface area contributed by atoms with Gasteiger partial charge in [0.15, 0.2) is 17.4 Å². The first-order chi connectivity index (χ1) is 11.0. The van der Waals surface area contributed by atoms with Crippen LogP contribution in [0.2, 0.25) is 0 Å². The minimum atomic E-state index is 0. The van der Waals surface area contributed by atoms with Crippen molar-refractivity contribution in [2.75, 3.05) is 13.6 Å². The minimum absolute atomic E-state index is 0. The molecule has 0 aliphatic carbocycles. The molecule has 24 heavy (non-hydrogen) atoms. The third-order valence-corrected chi connectivity index (χ3v) is 3.67. The van der Waals surface area contributed by atoms with Gasteiger partial charge in [-0.25, -0.2) is 0 Å². The molecule has 0 unspecified atom stereocenters. The van der Waals surface area contributed by atoms with Crippen LogP contribution in [0.1, 0.15) is 45.9 Å². The molecule has 134 valence electrons. The van der Waals surface area contributed by atoms with Gasteiger partial charge in [-0.1, -0.05) is 33.3 Å². The fourth-order valence-electron chi connectivity index (χ4n) is 2.38. The molecular formula is C17H29IN6. The molecule has 0 saturated carbocycles. The van der Waals surface area contributed by atoms with Gasteiger partial charge in [0.2, 0.25) is 0 Å². The van der Waals surface area contributed by atoms with E-state index in [4.69, 9.17) is 0 Å². The number of pyridine rings is 1. The zero-order valence-corrected chi connectivity index (χ0v) is 17.4. The van der Waals surface area contributed by atoms with Gasteiger partial charge in [-0.3, -0.25) is 9.39 Å². The van der Waals surface area contributed by atoms with Gasteiger partial charge in [0.1, 0.15) is 0 Å². The predicted octanol–water partition coefficient (Wildman–Crippen LogP) is 3.23. The highest BCUT2D eigenvalue weighted by Crippen LogP contribution is 2.21. The molecule has 0 bridgehead atoms. The molecule has 6 nitrogen and oxygen atoms in total. The predicted molar refractivity (Wildman–Crippen MR) is 110 cm³/mol. The number of fused-ring (bicyclic) bond motifs is 1. The monoisotopic (exact) mass is 444 g/mol. The van der Waals surface area contributed by atoms with Crippen molar-refractivity contribution in [2.24, 2.45) is 10.4 Å². The van der Waals surface area contributed by atoms with E-state index in [0.717, 1.165) is 30.4 Å². The lowest BCUT2D eigenvalue weighted by Crippen LogP contribution is -2.37. The van der Waals surface area contributed by atoms with Gasteiger partial charge >= 0.3 is 0 Å². The molecule has 0 aliphatic rings. The Morgan fingerprint density at radius 2 is 1.96 bits per heavy atom. The molecule has 0 radical (unpaired) electrons.